The molecule has 1 aliphatic rings. The lowest BCUT2D eigenvalue weighted by Crippen LogP contribution is -2.37. The molecular formula is C16H24N2OS. The van der Waals surface area contributed by atoms with Crippen molar-refractivity contribution < 1.29 is 4.74 Å². The molecule has 3 nitrogen and oxygen atoms in total. The fraction of sp³-hybridized carbons (Fsp3) is 0.562. The molecule has 1 aromatic carbocycles. The van der Waals surface area contributed by atoms with Gasteiger partial charge in [-0.3, -0.25) is 0 Å². The predicted octanol–water partition coefficient (Wildman–Crippen LogP) is 4.09. The van der Waals surface area contributed by atoms with Gasteiger partial charge in [-0.2, -0.15) is 0 Å². The van der Waals surface area contributed by atoms with Crippen LogP contribution in [0, 0.1) is 0 Å². The Morgan fingerprint density at radius 2 is 2.00 bits per heavy atom. The van der Waals surface area contributed by atoms with Crippen LogP contribution in [0.5, 0.6) is 5.75 Å². The van der Waals surface area contributed by atoms with Crippen LogP contribution in [0.25, 0.3) is 0 Å². The van der Waals surface area contributed by atoms with Gasteiger partial charge in [0.25, 0.3) is 0 Å². The van der Waals surface area contributed by atoms with E-state index in [0.29, 0.717) is 17.8 Å². The number of anilines is 1. The molecule has 2 rings (SSSR count). The molecule has 1 aromatic rings. The maximum atomic E-state index is 5.49. The second-order valence-corrected chi connectivity index (χ2v) is 5.66. The summed E-state index contributed by atoms with van der Waals surface area (Å²) in [4.78, 5) is 0. The molecular weight excluding hydrogens is 268 g/mol. The van der Waals surface area contributed by atoms with E-state index in [2.05, 4.69) is 10.6 Å². The molecule has 4 heteroatoms. The Balaban J connectivity index is 1.85. The van der Waals surface area contributed by atoms with Crippen molar-refractivity contribution >= 4 is 23.0 Å². The Labute approximate surface area is 127 Å². The van der Waals surface area contributed by atoms with Gasteiger partial charge in [0.15, 0.2) is 5.11 Å². The van der Waals surface area contributed by atoms with E-state index >= 15 is 0 Å². The van der Waals surface area contributed by atoms with Gasteiger partial charge in [0.05, 0.1) is 6.61 Å². The van der Waals surface area contributed by atoms with E-state index in [1.807, 2.05) is 31.2 Å². The first kappa shape index (κ1) is 15.1. The standard InChI is InChI=1S/C16H24N2OS/c1-2-19-15-11-7-10-14(12-15)18-16(20)17-13-8-5-3-4-6-9-13/h7,10-13H,2-6,8-9H2,1H3,(H2,17,18,20). The van der Waals surface area contributed by atoms with Crippen LogP contribution in [0.1, 0.15) is 45.4 Å². The van der Waals surface area contributed by atoms with Crippen LogP contribution < -0.4 is 15.4 Å². The fourth-order valence-corrected chi connectivity index (χ4v) is 2.89. The summed E-state index contributed by atoms with van der Waals surface area (Å²) in [5.41, 5.74) is 0.974. The minimum Gasteiger partial charge on any atom is -0.494 e. The molecule has 0 aromatic heterocycles. The minimum absolute atomic E-state index is 0.521. The molecule has 0 unspecified atom stereocenters. The number of thiocarbonyl (C=S) groups is 1. The summed E-state index contributed by atoms with van der Waals surface area (Å²) in [5, 5.41) is 7.40. The number of rotatable bonds is 4. The van der Waals surface area contributed by atoms with Crippen molar-refractivity contribution in [2.75, 3.05) is 11.9 Å². The zero-order chi connectivity index (χ0) is 14.2. The van der Waals surface area contributed by atoms with Gasteiger partial charge >= 0.3 is 0 Å². The number of hydrogen-bond acceptors (Lipinski definition) is 2. The third-order valence-electron chi connectivity index (χ3n) is 3.59. The van der Waals surface area contributed by atoms with Crippen molar-refractivity contribution in [3.8, 4) is 5.75 Å². The number of benzene rings is 1. The lowest BCUT2D eigenvalue weighted by molar-refractivity contribution is 0.340. The van der Waals surface area contributed by atoms with E-state index in [-0.39, 0.29) is 0 Å². The molecule has 1 fully saturated rings. The summed E-state index contributed by atoms with van der Waals surface area (Å²) >= 11 is 5.41. The Kier molecular flexibility index (Phi) is 6.12. The van der Waals surface area contributed by atoms with E-state index in [1.165, 1.54) is 38.5 Å². The molecule has 110 valence electrons. The Bertz CT molecular complexity index is 428. The Morgan fingerprint density at radius 3 is 2.70 bits per heavy atom. The molecule has 0 amide bonds. The molecule has 0 radical (unpaired) electrons. The average molecular weight is 292 g/mol. The molecule has 0 heterocycles. The van der Waals surface area contributed by atoms with Crippen molar-refractivity contribution in [1.82, 2.24) is 5.32 Å². The smallest absolute Gasteiger partial charge is 0.170 e. The number of ether oxygens (including phenoxy) is 1. The van der Waals surface area contributed by atoms with Crippen LogP contribution in [-0.2, 0) is 0 Å². The van der Waals surface area contributed by atoms with Crippen LogP contribution in [0.2, 0.25) is 0 Å². The van der Waals surface area contributed by atoms with Gasteiger partial charge < -0.3 is 15.4 Å². The second kappa shape index (κ2) is 8.10. The lowest BCUT2D eigenvalue weighted by Gasteiger charge is -2.19. The number of nitrogens with one attached hydrogen (secondary N) is 2. The van der Waals surface area contributed by atoms with Gasteiger partial charge in [-0.05, 0) is 44.1 Å². The summed E-state index contributed by atoms with van der Waals surface area (Å²) in [6, 6.07) is 8.43. The van der Waals surface area contributed by atoms with Gasteiger partial charge in [0.1, 0.15) is 5.75 Å². The fourth-order valence-electron chi connectivity index (χ4n) is 2.61. The molecule has 20 heavy (non-hydrogen) atoms. The third kappa shape index (κ3) is 5.00. The highest BCUT2D eigenvalue weighted by atomic mass is 32.1. The van der Waals surface area contributed by atoms with E-state index in [4.69, 9.17) is 17.0 Å². The molecule has 2 N–H and O–H groups in total. The summed E-state index contributed by atoms with van der Waals surface area (Å²) in [5.74, 6) is 0.870. The lowest BCUT2D eigenvalue weighted by atomic mass is 10.1. The van der Waals surface area contributed by atoms with Gasteiger partial charge in [-0.25, -0.2) is 0 Å². The Morgan fingerprint density at radius 1 is 1.25 bits per heavy atom. The molecule has 1 aliphatic carbocycles. The predicted molar refractivity (Wildman–Crippen MR) is 88.5 cm³/mol. The molecule has 0 bridgehead atoms. The first-order chi connectivity index (χ1) is 9.78. The molecule has 0 spiro atoms. The highest BCUT2D eigenvalue weighted by molar-refractivity contribution is 7.80. The van der Waals surface area contributed by atoms with E-state index in [9.17, 15) is 0 Å². The normalized spacial score (nSPS) is 16.2. The summed E-state index contributed by atoms with van der Waals surface area (Å²) < 4.78 is 5.49. The number of hydrogen-bond donors (Lipinski definition) is 2. The highest BCUT2D eigenvalue weighted by Crippen LogP contribution is 2.19. The quantitative estimate of drug-likeness (QED) is 0.647. The van der Waals surface area contributed by atoms with Crippen molar-refractivity contribution in [3.05, 3.63) is 24.3 Å². The van der Waals surface area contributed by atoms with E-state index < -0.39 is 0 Å². The zero-order valence-electron chi connectivity index (χ0n) is 12.2. The summed E-state index contributed by atoms with van der Waals surface area (Å²) in [7, 11) is 0. The van der Waals surface area contributed by atoms with Crippen molar-refractivity contribution in [1.29, 1.82) is 0 Å². The maximum Gasteiger partial charge on any atom is 0.170 e. The van der Waals surface area contributed by atoms with Crippen LogP contribution >= 0.6 is 12.2 Å². The first-order valence-corrected chi connectivity index (χ1v) is 7.99. The van der Waals surface area contributed by atoms with Crippen molar-refractivity contribution in [2.45, 2.75) is 51.5 Å². The zero-order valence-corrected chi connectivity index (χ0v) is 13.0. The van der Waals surface area contributed by atoms with Gasteiger partial charge in [0, 0.05) is 17.8 Å². The second-order valence-electron chi connectivity index (χ2n) is 5.25. The Hall–Kier alpha value is -1.29. The average Bonchev–Trinajstić information content (AvgIpc) is 2.68. The maximum absolute atomic E-state index is 5.49. The van der Waals surface area contributed by atoms with Crippen LogP contribution in [0.15, 0.2) is 24.3 Å². The molecule has 0 aliphatic heterocycles. The molecule has 0 atom stereocenters. The van der Waals surface area contributed by atoms with Crippen LogP contribution in [0.3, 0.4) is 0 Å². The van der Waals surface area contributed by atoms with Gasteiger partial charge in [-0.1, -0.05) is 31.7 Å². The highest BCUT2D eigenvalue weighted by Gasteiger charge is 2.12. The van der Waals surface area contributed by atoms with E-state index in [1.54, 1.807) is 0 Å². The minimum atomic E-state index is 0.521. The van der Waals surface area contributed by atoms with Crippen molar-refractivity contribution in [3.63, 3.8) is 0 Å². The SMILES string of the molecule is CCOc1cccc(NC(=S)NC2CCCCCC2)c1. The summed E-state index contributed by atoms with van der Waals surface area (Å²) in [6.07, 6.45) is 7.77. The van der Waals surface area contributed by atoms with Crippen LogP contribution in [0.4, 0.5) is 5.69 Å². The largest absolute Gasteiger partial charge is 0.494 e. The monoisotopic (exact) mass is 292 g/mol. The van der Waals surface area contributed by atoms with Gasteiger partial charge in [-0.15, -0.1) is 0 Å². The first-order valence-electron chi connectivity index (χ1n) is 7.58. The topological polar surface area (TPSA) is 33.3 Å². The van der Waals surface area contributed by atoms with Crippen molar-refractivity contribution in [2.24, 2.45) is 0 Å². The third-order valence-corrected chi connectivity index (χ3v) is 3.81. The molecule has 1 saturated carbocycles. The summed E-state index contributed by atoms with van der Waals surface area (Å²) in [6.45, 7) is 2.66. The van der Waals surface area contributed by atoms with E-state index in [0.717, 1.165) is 11.4 Å². The van der Waals surface area contributed by atoms with Crippen LogP contribution in [-0.4, -0.2) is 17.8 Å². The molecule has 0 saturated heterocycles. The van der Waals surface area contributed by atoms with Gasteiger partial charge in [0.2, 0.25) is 0 Å².